The number of aromatic nitrogens is 2. The molecular formula is C11H16ClN3OS. The Hall–Kier alpha value is -0.680. The van der Waals surface area contributed by atoms with Crippen molar-refractivity contribution in [1.29, 1.82) is 0 Å². The van der Waals surface area contributed by atoms with Crippen LogP contribution in [-0.4, -0.2) is 34.1 Å². The number of hydrogen-bond donors (Lipinski definition) is 0. The molecule has 0 aromatic carbocycles. The molecule has 0 bridgehead atoms. The average Bonchev–Trinajstić information content (AvgIpc) is 2.83. The Kier molecular flexibility index (Phi) is 3.41. The first-order chi connectivity index (χ1) is 7.88. The van der Waals surface area contributed by atoms with E-state index in [4.69, 9.17) is 11.6 Å². The molecule has 1 amide bonds. The van der Waals surface area contributed by atoms with E-state index < -0.39 is 0 Å². The highest BCUT2D eigenvalue weighted by atomic mass is 35.5. The molecule has 1 unspecified atom stereocenters. The molecule has 0 N–H and O–H groups in total. The fraction of sp³-hybridized carbons (Fsp3) is 0.727. The van der Waals surface area contributed by atoms with Gasteiger partial charge >= 0.3 is 0 Å². The van der Waals surface area contributed by atoms with Crippen LogP contribution in [0, 0.1) is 11.3 Å². The highest BCUT2D eigenvalue weighted by Gasteiger charge is 2.34. The van der Waals surface area contributed by atoms with Gasteiger partial charge in [0.25, 0.3) is 5.91 Å². The van der Waals surface area contributed by atoms with Crippen molar-refractivity contribution >= 4 is 28.8 Å². The summed E-state index contributed by atoms with van der Waals surface area (Å²) in [5.41, 5.74) is 0.244. The molecule has 0 spiro atoms. The van der Waals surface area contributed by atoms with Crippen LogP contribution in [0.25, 0.3) is 0 Å². The first-order valence-electron chi connectivity index (χ1n) is 5.66. The quantitative estimate of drug-likeness (QED) is 0.790. The van der Waals surface area contributed by atoms with Gasteiger partial charge in [-0.1, -0.05) is 32.1 Å². The van der Waals surface area contributed by atoms with E-state index in [2.05, 4.69) is 31.0 Å². The molecular weight excluding hydrogens is 258 g/mol. The first kappa shape index (κ1) is 12.8. The molecule has 1 atom stereocenters. The van der Waals surface area contributed by atoms with Crippen LogP contribution < -0.4 is 0 Å². The molecule has 2 heterocycles. The normalized spacial score (nSPS) is 20.9. The van der Waals surface area contributed by atoms with Crippen LogP contribution in [0.3, 0.4) is 0 Å². The number of halogens is 1. The third-order valence-electron chi connectivity index (χ3n) is 3.28. The van der Waals surface area contributed by atoms with E-state index in [1.54, 1.807) is 0 Å². The second-order valence-electron chi connectivity index (χ2n) is 5.46. The lowest BCUT2D eigenvalue weighted by Crippen LogP contribution is -2.31. The summed E-state index contributed by atoms with van der Waals surface area (Å²) in [7, 11) is 0. The highest BCUT2D eigenvalue weighted by molar-refractivity contribution is 7.17. The van der Waals surface area contributed by atoms with Gasteiger partial charge in [0, 0.05) is 13.1 Å². The van der Waals surface area contributed by atoms with E-state index in [-0.39, 0.29) is 11.3 Å². The summed E-state index contributed by atoms with van der Waals surface area (Å²) in [5.74, 6) is 0.510. The highest BCUT2D eigenvalue weighted by Crippen LogP contribution is 2.34. The molecule has 1 saturated heterocycles. The van der Waals surface area contributed by atoms with Crippen molar-refractivity contribution in [2.75, 3.05) is 13.1 Å². The Labute approximate surface area is 110 Å². The first-order valence-corrected chi connectivity index (χ1v) is 6.85. The maximum Gasteiger partial charge on any atom is 0.284 e. The lowest BCUT2D eigenvalue weighted by atomic mass is 9.80. The molecule has 94 valence electrons. The summed E-state index contributed by atoms with van der Waals surface area (Å²) in [6.07, 6.45) is 1.06. The second kappa shape index (κ2) is 4.53. The molecule has 1 aromatic rings. The Morgan fingerprint density at radius 2 is 2.18 bits per heavy atom. The summed E-state index contributed by atoms with van der Waals surface area (Å²) in [6, 6.07) is 0. The number of carbonyl (C=O) groups excluding carboxylic acids is 1. The van der Waals surface area contributed by atoms with Crippen molar-refractivity contribution in [1.82, 2.24) is 15.1 Å². The third kappa shape index (κ3) is 2.77. The molecule has 0 radical (unpaired) electrons. The topological polar surface area (TPSA) is 46.1 Å². The Bertz CT molecular complexity index is 427. The SMILES string of the molecule is CC(C)(C)C1CCN(C(=O)c2nnc(Cl)s2)C1. The van der Waals surface area contributed by atoms with Gasteiger partial charge in [0.1, 0.15) is 0 Å². The molecule has 0 saturated carbocycles. The smallest absolute Gasteiger partial charge is 0.284 e. The van der Waals surface area contributed by atoms with E-state index in [9.17, 15) is 4.79 Å². The maximum absolute atomic E-state index is 12.1. The fourth-order valence-corrected chi connectivity index (χ4v) is 2.87. The van der Waals surface area contributed by atoms with E-state index in [0.717, 1.165) is 30.8 Å². The predicted molar refractivity (Wildman–Crippen MR) is 68.4 cm³/mol. The fourth-order valence-electron chi connectivity index (χ4n) is 2.08. The number of hydrogen-bond acceptors (Lipinski definition) is 4. The van der Waals surface area contributed by atoms with Crippen molar-refractivity contribution in [3.05, 3.63) is 9.47 Å². The van der Waals surface area contributed by atoms with Gasteiger partial charge in [0.15, 0.2) is 0 Å². The summed E-state index contributed by atoms with van der Waals surface area (Å²) in [6.45, 7) is 8.26. The van der Waals surface area contributed by atoms with Crippen LogP contribution in [0.15, 0.2) is 0 Å². The van der Waals surface area contributed by atoms with E-state index >= 15 is 0 Å². The van der Waals surface area contributed by atoms with Crippen molar-refractivity contribution in [3.8, 4) is 0 Å². The lowest BCUT2D eigenvalue weighted by Gasteiger charge is -2.26. The summed E-state index contributed by atoms with van der Waals surface area (Å²) >= 11 is 6.83. The zero-order valence-electron chi connectivity index (χ0n) is 10.2. The molecule has 1 aliphatic heterocycles. The largest absolute Gasteiger partial charge is 0.336 e. The van der Waals surface area contributed by atoms with Crippen LogP contribution in [-0.2, 0) is 0 Å². The third-order valence-corrected chi connectivity index (χ3v) is 4.29. The van der Waals surface area contributed by atoms with Gasteiger partial charge in [-0.25, -0.2) is 0 Å². The minimum absolute atomic E-state index is 0.0406. The Balaban J connectivity index is 2.04. The van der Waals surface area contributed by atoms with E-state index in [1.807, 2.05) is 4.90 Å². The maximum atomic E-state index is 12.1. The molecule has 2 rings (SSSR count). The summed E-state index contributed by atoms with van der Waals surface area (Å²) < 4.78 is 0.319. The standard InChI is InChI=1S/C11H16ClN3OS/c1-11(2,3)7-4-5-15(6-7)9(16)8-13-14-10(12)17-8/h7H,4-6H2,1-3H3. The van der Waals surface area contributed by atoms with Crippen molar-refractivity contribution in [2.24, 2.45) is 11.3 Å². The van der Waals surface area contributed by atoms with Crippen LogP contribution in [0.2, 0.25) is 4.47 Å². The minimum Gasteiger partial charge on any atom is -0.336 e. The van der Waals surface area contributed by atoms with Crippen LogP contribution in [0.5, 0.6) is 0 Å². The summed E-state index contributed by atoms with van der Waals surface area (Å²) in [4.78, 5) is 14.0. The second-order valence-corrected chi connectivity index (χ2v) is 7.02. The lowest BCUT2D eigenvalue weighted by molar-refractivity contribution is 0.0775. The molecule has 1 fully saturated rings. The molecule has 1 aliphatic rings. The molecule has 6 heteroatoms. The van der Waals surface area contributed by atoms with Crippen molar-refractivity contribution in [2.45, 2.75) is 27.2 Å². The van der Waals surface area contributed by atoms with Gasteiger partial charge in [-0.3, -0.25) is 4.79 Å². The van der Waals surface area contributed by atoms with Crippen LogP contribution in [0.4, 0.5) is 0 Å². The number of carbonyl (C=O) groups is 1. The van der Waals surface area contributed by atoms with Gasteiger partial charge in [-0.15, -0.1) is 10.2 Å². The molecule has 0 aliphatic carbocycles. The van der Waals surface area contributed by atoms with Gasteiger partial charge in [-0.2, -0.15) is 0 Å². The minimum atomic E-state index is -0.0406. The monoisotopic (exact) mass is 273 g/mol. The Morgan fingerprint density at radius 3 is 2.65 bits per heavy atom. The molecule has 4 nitrogen and oxygen atoms in total. The predicted octanol–water partition coefficient (Wildman–Crippen LogP) is 2.70. The molecule has 17 heavy (non-hydrogen) atoms. The number of nitrogens with zero attached hydrogens (tertiary/aromatic N) is 3. The summed E-state index contributed by atoms with van der Waals surface area (Å²) in [5, 5.41) is 7.85. The van der Waals surface area contributed by atoms with Crippen molar-refractivity contribution in [3.63, 3.8) is 0 Å². The van der Waals surface area contributed by atoms with Gasteiger partial charge in [0.05, 0.1) is 0 Å². The average molecular weight is 274 g/mol. The number of likely N-dealkylation sites (tertiary alicyclic amines) is 1. The van der Waals surface area contributed by atoms with E-state index in [0.29, 0.717) is 15.4 Å². The van der Waals surface area contributed by atoms with Crippen LogP contribution >= 0.6 is 22.9 Å². The number of rotatable bonds is 1. The van der Waals surface area contributed by atoms with Gasteiger partial charge in [0.2, 0.25) is 9.47 Å². The van der Waals surface area contributed by atoms with Crippen molar-refractivity contribution < 1.29 is 4.79 Å². The van der Waals surface area contributed by atoms with Crippen LogP contribution in [0.1, 0.15) is 37.0 Å². The zero-order chi connectivity index (χ0) is 12.6. The van der Waals surface area contributed by atoms with Gasteiger partial charge in [-0.05, 0) is 29.4 Å². The van der Waals surface area contributed by atoms with E-state index in [1.165, 1.54) is 0 Å². The zero-order valence-corrected chi connectivity index (χ0v) is 11.8. The number of amides is 1. The molecule has 1 aromatic heterocycles. The van der Waals surface area contributed by atoms with Gasteiger partial charge < -0.3 is 4.90 Å². The Morgan fingerprint density at radius 1 is 1.47 bits per heavy atom.